The summed E-state index contributed by atoms with van der Waals surface area (Å²) in [6.45, 7) is 0.971. The first-order chi connectivity index (χ1) is 8.74. The minimum absolute atomic E-state index is 0.673. The lowest BCUT2D eigenvalue weighted by atomic mass is 10.2. The third kappa shape index (κ3) is 2.64. The highest BCUT2D eigenvalue weighted by molar-refractivity contribution is 14.1. The van der Waals surface area contributed by atoms with Crippen molar-refractivity contribution in [1.29, 1.82) is 0 Å². The number of nitrogens with zero attached hydrogens (tertiary/aromatic N) is 1. The second kappa shape index (κ2) is 5.09. The van der Waals surface area contributed by atoms with Crippen LogP contribution in [0.1, 0.15) is 18.4 Å². The highest BCUT2D eigenvalue weighted by Crippen LogP contribution is 2.36. The van der Waals surface area contributed by atoms with E-state index in [2.05, 4.69) is 62.5 Å². The van der Waals surface area contributed by atoms with Crippen LogP contribution in [0, 0.1) is 3.57 Å². The Morgan fingerprint density at radius 1 is 1.33 bits per heavy atom. The zero-order valence-electron chi connectivity index (χ0n) is 9.97. The van der Waals surface area contributed by atoms with Crippen molar-refractivity contribution >= 4 is 45.3 Å². The molecule has 3 rings (SSSR count). The number of hydrogen-bond donors (Lipinski definition) is 1. The minimum Gasteiger partial charge on any atom is -0.397 e. The Kier molecular flexibility index (Phi) is 3.48. The van der Waals surface area contributed by atoms with Gasteiger partial charge in [0.25, 0.3) is 0 Å². The molecule has 1 saturated carbocycles. The Hall–Kier alpha value is -0.750. The van der Waals surface area contributed by atoms with Crippen LogP contribution in [0.2, 0.25) is 0 Å². The third-order valence-electron chi connectivity index (χ3n) is 3.22. The fraction of sp³-hybridized carbons (Fsp3) is 0.286. The lowest BCUT2D eigenvalue weighted by molar-refractivity contribution is 0.798. The maximum atomic E-state index is 6.17. The molecule has 0 amide bonds. The van der Waals surface area contributed by atoms with E-state index in [9.17, 15) is 0 Å². The first-order valence-corrected chi connectivity index (χ1v) is 8.09. The van der Waals surface area contributed by atoms with Crippen LogP contribution in [0.5, 0.6) is 0 Å². The number of nitrogens with two attached hydrogens (primary N) is 1. The van der Waals surface area contributed by atoms with Gasteiger partial charge >= 0.3 is 0 Å². The van der Waals surface area contributed by atoms with Crippen LogP contribution < -0.4 is 10.6 Å². The van der Waals surface area contributed by atoms with Gasteiger partial charge in [-0.25, -0.2) is 0 Å². The zero-order chi connectivity index (χ0) is 12.5. The van der Waals surface area contributed by atoms with E-state index in [0.717, 1.165) is 12.2 Å². The molecule has 0 unspecified atom stereocenters. The normalized spacial score (nSPS) is 14.7. The molecular weight excluding hydrogens is 355 g/mol. The van der Waals surface area contributed by atoms with Gasteiger partial charge in [-0.3, -0.25) is 0 Å². The largest absolute Gasteiger partial charge is 0.397 e. The lowest BCUT2D eigenvalue weighted by Crippen LogP contribution is -2.25. The van der Waals surface area contributed by atoms with Crippen LogP contribution in [-0.2, 0) is 6.54 Å². The van der Waals surface area contributed by atoms with Crippen molar-refractivity contribution in [2.45, 2.75) is 25.4 Å². The standard InChI is InChI=1S/C14H15IN2S/c15-11-1-4-14(13(16)7-11)17(12-2-3-12)8-10-5-6-18-9-10/h1,4-7,9,12H,2-3,8,16H2. The molecule has 1 aromatic heterocycles. The monoisotopic (exact) mass is 370 g/mol. The Morgan fingerprint density at radius 3 is 2.78 bits per heavy atom. The molecule has 0 atom stereocenters. The molecule has 1 fully saturated rings. The van der Waals surface area contributed by atoms with E-state index in [1.54, 1.807) is 11.3 Å². The van der Waals surface area contributed by atoms with Gasteiger partial charge in [0.2, 0.25) is 0 Å². The molecule has 0 aliphatic heterocycles. The number of anilines is 2. The third-order valence-corrected chi connectivity index (χ3v) is 4.62. The molecule has 1 aliphatic carbocycles. The van der Waals surface area contributed by atoms with E-state index in [-0.39, 0.29) is 0 Å². The number of thiophene rings is 1. The number of rotatable bonds is 4. The summed E-state index contributed by atoms with van der Waals surface area (Å²) in [4.78, 5) is 2.45. The van der Waals surface area contributed by atoms with Gasteiger partial charge < -0.3 is 10.6 Å². The number of halogens is 1. The molecule has 0 saturated heterocycles. The smallest absolute Gasteiger partial charge is 0.0606 e. The molecule has 2 nitrogen and oxygen atoms in total. The van der Waals surface area contributed by atoms with Crippen LogP contribution in [0.25, 0.3) is 0 Å². The second-order valence-corrected chi connectivity index (χ2v) is 6.72. The Balaban J connectivity index is 1.89. The van der Waals surface area contributed by atoms with Crippen molar-refractivity contribution in [1.82, 2.24) is 0 Å². The molecule has 4 heteroatoms. The van der Waals surface area contributed by atoms with Crippen LogP contribution in [0.3, 0.4) is 0 Å². The Morgan fingerprint density at radius 2 is 2.17 bits per heavy atom. The SMILES string of the molecule is Nc1cc(I)ccc1N(Cc1ccsc1)C1CC1. The summed E-state index contributed by atoms with van der Waals surface area (Å²) in [6.07, 6.45) is 2.57. The van der Waals surface area contributed by atoms with E-state index in [1.165, 1.54) is 27.7 Å². The number of hydrogen-bond acceptors (Lipinski definition) is 3. The van der Waals surface area contributed by atoms with E-state index in [1.807, 2.05) is 0 Å². The molecule has 1 aromatic carbocycles. The predicted molar refractivity (Wildman–Crippen MR) is 87.1 cm³/mol. The van der Waals surface area contributed by atoms with Gasteiger partial charge in [-0.15, -0.1) is 0 Å². The zero-order valence-corrected chi connectivity index (χ0v) is 12.9. The molecule has 1 heterocycles. The fourth-order valence-electron chi connectivity index (χ4n) is 2.16. The molecule has 1 aliphatic rings. The van der Waals surface area contributed by atoms with Gasteiger partial charge in [-0.1, -0.05) is 0 Å². The molecule has 0 spiro atoms. The lowest BCUT2D eigenvalue weighted by Gasteiger charge is -2.26. The van der Waals surface area contributed by atoms with Crippen LogP contribution in [-0.4, -0.2) is 6.04 Å². The van der Waals surface area contributed by atoms with Crippen LogP contribution >= 0.6 is 33.9 Å². The summed E-state index contributed by atoms with van der Waals surface area (Å²) in [5, 5.41) is 4.36. The van der Waals surface area contributed by atoms with Gasteiger partial charge in [0.05, 0.1) is 11.4 Å². The van der Waals surface area contributed by atoms with Crippen molar-refractivity contribution < 1.29 is 0 Å². The summed E-state index contributed by atoms with van der Waals surface area (Å²) >= 11 is 4.06. The van der Waals surface area contributed by atoms with Crippen molar-refractivity contribution in [3.05, 3.63) is 44.2 Å². The van der Waals surface area contributed by atoms with E-state index >= 15 is 0 Å². The molecule has 0 radical (unpaired) electrons. The molecule has 2 N–H and O–H groups in total. The first kappa shape index (κ1) is 12.3. The quantitative estimate of drug-likeness (QED) is 0.649. The molecule has 18 heavy (non-hydrogen) atoms. The maximum Gasteiger partial charge on any atom is 0.0606 e. The van der Waals surface area contributed by atoms with E-state index in [4.69, 9.17) is 5.73 Å². The summed E-state index contributed by atoms with van der Waals surface area (Å²) in [5.74, 6) is 0. The number of nitrogen functional groups attached to an aromatic ring is 1. The average molecular weight is 370 g/mol. The molecule has 94 valence electrons. The topological polar surface area (TPSA) is 29.3 Å². The predicted octanol–water partition coefficient (Wildman–Crippen LogP) is 4.10. The Labute approximate surface area is 125 Å². The first-order valence-electron chi connectivity index (χ1n) is 6.07. The Bertz CT molecular complexity index is 535. The molecular formula is C14H15IN2S. The van der Waals surface area contributed by atoms with E-state index in [0.29, 0.717) is 6.04 Å². The van der Waals surface area contributed by atoms with Crippen LogP contribution in [0.4, 0.5) is 11.4 Å². The fourth-order valence-corrected chi connectivity index (χ4v) is 3.34. The maximum absolute atomic E-state index is 6.17. The summed E-state index contributed by atoms with van der Waals surface area (Å²) < 4.78 is 1.19. The molecule has 0 bridgehead atoms. The second-order valence-electron chi connectivity index (χ2n) is 4.69. The van der Waals surface area contributed by atoms with Crippen molar-refractivity contribution in [2.24, 2.45) is 0 Å². The average Bonchev–Trinajstić information content (AvgIpc) is 3.05. The van der Waals surface area contributed by atoms with E-state index < -0.39 is 0 Å². The van der Waals surface area contributed by atoms with Crippen molar-refractivity contribution in [3.63, 3.8) is 0 Å². The summed E-state index contributed by atoms with van der Waals surface area (Å²) in [5.41, 5.74) is 9.63. The van der Waals surface area contributed by atoms with Gasteiger partial charge in [0.15, 0.2) is 0 Å². The summed E-state index contributed by atoms with van der Waals surface area (Å²) in [7, 11) is 0. The van der Waals surface area contributed by atoms with Crippen LogP contribution in [0.15, 0.2) is 35.0 Å². The highest BCUT2D eigenvalue weighted by Gasteiger charge is 2.30. The number of benzene rings is 1. The minimum atomic E-state index is 0.673. The van der Waals surface area contributed by atoms with Gasteiger partial charge in [0.1, 0.15) is 0 Å². The van der Waals surface area contributed by atoms with Gasteiger partial charge in [-0.2, -0.15) is 11.3 Å². The van der Waals surface area contributed by atoms with Gasteiger partial charge in [0, 0.05) is 16.2 Å². The van der Waals surface area contributed by atoms with Crippen molar-refractivity contribution in [2.75, 3.05) is 10.6 Å². The molecule has 2 aromatic rings. The summed E-state index contributed by atoms with van der Waals surface area (Å²) in [6, 6.07) is 9.21. The van der Waals surface area contributed by atoms with Gasteiger partial charge in [-0.05, 0) is 76.0 Å². The highest BCUT2D eigenvalue weighted by atomic mass is 127. The van der Waals surface area contributed by atoms with Crippen molar-refractivity contribution in [3.8, 4) is 0 Å².